The molecular formula is C23H21ClN2O3. The number of nitrogens with zero attached hydrogens (tertiary/aromatic N) is 1. The Bertz CT molecular complexity index is 959. The van der Waals surface area contributed by atoms with Crippen molar-refractivity contribution in [2.45, 2.75) is 19.6 Å². The third kappa shape index (κ3) is 6.36. The zero-order chi connectivity index (χ0) is 20.5. The van der Waals surface area contributed by atoms with Crippen LogP contribution in [0.4, 0.5) is 0 Å². The average Bonchev–Trinajstić information content (AvgIpc) is 2.75. The molecule has 3 rings (SSSR count). The summed E-state index contributed by atoms with van der Waals surface area (Å²) in [6, 6.07) is 24.2. The third-order valence-electron chi connectivity index (χ3n) is 4.03. The largest absolute Gasteiger partial charge is 0.488 e. The Balaban J connectivity index is 1.55. The van der Waals surface area contributed by atoms with Gasteiger partial charge < -0.3 is 9.47 Å². The number of ether oxygens (including phenoxy) is 2. The van der Waals surface area contributed by atoms with Crippen molar-refractivity contribution in [3.8, 4) is 11.5 Å². The first-order valence-electron chi connectivity index (χ1n) is 9.13. The number of amides is 1. The van der Waals surface area contributed by atoms with Gasteiger partial charge in [-0.2, -0.15) is 5.10 Å². The molecule has 0 fully saturated rings. The number of rotatable bonds is 8. The van der Waals surface area contributed by atoms with Gasteiger partial charge in [0.2, 0.25) is 0 Å². The highest BCUT2D eigenvalue weighted by Crippen LogP contribution is 2.18. The maximum atomic E-state index is 12.2. The molecule has 1 N–H and O–H groups in total. The van der Waals surface area contributed by atoms with Crippen LogP contribution in [0.5, 0.6) is 11.5 Å². The zero-order valence-electron chi connectivity index (χ0n) is 15.9. The highest BCUT2D eigenvalue weighted by atomic mass is 35.5. The van der Waals surface area contributed by atoms with Crippen LogP contribution in [0, 0.1) is 0 Å². The molecule has 0 saturated heterocycles. The summed E-state index contributed by atoms with van der Waals surface area (Å²) >= 11 is 5.84. The number of benzene rings is 3. The smallest absolute Gasteiger partial charge is 0.280 e. The molecule has 3 aromatic rings. The van der Waals surface area contributed by atoms with Gasteiger partial charge in [0.15, 0.2) is 6.10 Å². The lowest BCUT2D eigenvalue weighted by molar-refractivity contribution is -0.127. The normalized spacial score (nSPS) is 11.8. The van der Waals surface area contributed by atoms with E-state index in [-0.39, 0.29) is 5.91 Å². The van der Waals surface area contributed by atoms with E-state index in [0.29, 0.717) is 23.1 Å². The van der Waals surface area contributed by atoms with E-state index in [1.54, 1.807) is 37.4 Å². The van der Waals surface area contributed by atoms with Crippen molar-refractivity contribution in [2.24, 2.45) is 5.10 Å². The summed E-state index contributed by atoms with van der Waals surface area (Å²) < 4.78 is 11.5. The molecule has 0 aliphatic carbocycles. The van der Waals surface area contributed by atoms with Crippen molar-refractivity contribution in [1.29, 1.82) is 0 Å². The van der Waals surface area contributed by atoms with Crippen LogP contribution in [-0.4, -0.2) is 18.2 Å². The van der Waals surface area contributed by atoms with Gasteiger partial charge in [-0.3, -0.25) is 4.79 Å². The lowest BCUT2D eigenvalue weighted by atomic mass is 10.2. The fourth-order valence-corrected chi connectivity index (χ4v) is 2.61. The van der Waals surface area contributed by atoms with Crippen LogP contribution >= 0.6 is 11.6 Å². The monoisotopic (exact) mass is 408 g/mol. The number of hydrogen-bond acceptors (Lipinski definition) is 4. The molecule has 1 atom stereocenters. The van der Waals surface area contributed by atoms with E-state index in [1.165, 1.54) is 0 Å². The number of hydrazone groups is 1. The third-order valence-corrected chi connectivity index (χ3v) is 4.28. The van der Waals surface area contributed by atoms with Crippen molar-refractivity contribution in [2.75, 3.05) is 0 Å². The van der Waals surface area contributed by atoms with Gasteiger partial charge in [-0.25, -0.2) is 5.43 Å². The van der Waals surface area contributed by atoms with Gasteiger partial charge in [0.05, 0.1) is 6.21 Å². The highest BCUT2D eigenvalue weighted by molar-refractivity contribution is 6.30. The van der Waals surface area contributed by atoms with Gasteiger partial charge in [-0.05, 0) is 48.9 Å². The summed E-state index contributed by atoms with van der Waals surface area (Å²) in [5.74, 6) is 0.874. The van der Waals surface area contributed by atoms with E-state index in [2.05, 4.69) is 10.5 Å². The summed E-state index contributed by atoms with van der Waals surface area (Å²) in [4.78, 5) is 12.2. The van der Waals surface area contributed by atoms with E-state index in [9.17, 15) is 4.79 Å². The first-order valence-corrected chi connectivity index (χ1v) is 9.50. The number of para-hydroxylation sites is 1. The summed E-state index contributed by atoms with van der Waals surface area (Å²) in [6.07, 6.45) is 0.839. The fourth-order valence-electron chi connectivity index (χ4n) is 2.48. The average molecular weight is 409 g/mol. The molecule has 1 amide bonds. The molecule has 0 bridgehead atoms. The highest BCUT2D eigenvalue weighted by Gasteiger charge is 2.13. The Morgan fingerprint density at radius 2 is 1.72 bits per heavy atom. The second-order valence-corrected chi connectivity index (χ2v) is 6.70. The molecule has 0 radical (unpaired) electrons. The van der Waals surface area contributed by atoms with Gasteiger partial charge in [-0.1, -0.05) is 54.1 Å². The van der Waals surface area contributed by atoms with E-state index < -0.39 is 6.10 Å². The number of hydrogen-bond donors (Lipinski definition) is 1. The Morgan fingerprint density at radius 3 is 2.48 bits per heavy atom. The molecule has 0 aliphatic heterocycles. The van der Waals surface area contributed by atoms with E-state index >= 15 is 0 Å². The molecule has 5 nitrogen and oxygen atoms in total. The predicted molar refractivity (Wildman–Crippen MR) is 114 cm³/mol. The van der Waals surface area contributed by atoms with Crippen molar-refractivity contribution < 1.29 is 14.3 Å². The Morgan fingerprint density at radius 1 is 1.03 bits per heavy atom. The summed E-state index contributed by atoms with van der Waals surface area (Å²) in [6.45, 7) is 2.10. The van der Waals surface area contributed by atoms with Crippen LogP contribution < -0.4 is 14.9 Å². The first kappa shape index (κ1) is 20.4. The van der Waals surface area contributed by atoms with Crippen molar-refractivity contribution in [1.82, 2.24) is 5.43 Å². The standard InChI is InChI=1S/C23H21ClN2O3/c1-17(29-21-13-11-20(24)12-14-21)23(27)26-25-15-19-9-5-6-10-22(19)28-16-18-7-3-2-4-8-18/h2-15,17H,16H2,1H3,(H,26,27)/b25-15-/t17-/m0/s1. The molecule has 0 unspecified atom stereocenters. The van der Waals surface area contributed by atoms with Gasteiger partial charge in [0.25, 0.3) is 5.91 Å². The van der Waals surface area contributed by atoms with Crippen LogP contribution in [0.15, 0.2) is 84.0 Å². The zero-order valence-corrected chi connectivity index (χ0v) is 16.7. The Kier molecular flexibility index (Phi) is 7.25. The maximum Gasteiger partial charge on any atom is 0.280 e. The molecule has 0 aromatic heterocycles. The van der Waals surface area contributed by atoms with E-state index in [0.717, 1.165) is 11.1 Å². The molecule has 29 heavy (non-hydrogen) atoms. The Hall–Kier alpha value is -3.31. The van der Waals surface area contributed by atoms with Crippen molar-refractivity contribution >= 4 is 23.7 Å². The predicted octanol–water partition coefficient (Wildman–Crippen LogP) is 4.84. The molecule has 3 aromatic carbocycles. The quantitative estimate of drug-likeness (QED) is 0.428. The minimum absolute atomic E-state index is 0.362. The first-order chi connectivity index (χ1) is 14.1. The van der Waals surface area contributed by atoms with Gasteiger partial charge >= 0.3 is 0 Å². The molecule has 0 spiro atoms. The fraction of sp³-hybridized carbons (Fsp3) is 0.130. The van der Waals surface area contributed by atoms with Crippen molar-refractivity contribution in [3.63, 3.8) is 0 Å². The second-order valence-electron chi connectivity index (χ2n) is 6.26. The van der Waals surface area contributed by atoms with Gasteiger partial charge in [0, 0.05) is 10.6 Å². The van der Waals surface area contributed by atoms with Gasteiger partial charge in [-0.15, -0.1) is 0 Å². The number of nitrogens with one attached hydrogen (secondary N) is 1. The number of halogens is 1. The molecule has 0 aliphatic rings. The molecular weight excluding hydrogens is 388 g/mol. The molecule has 0 heterocycles. The Labute approximate surface area is 174 Å². The van der Waals surface area contributed by atoms with Crippen LogP contribution in [0.3, 0.4) is 0 Å². The van der Waals surface area contributed by atoms with E-state index in [4.69, 9.17) is 21.1 Å². The van der Waals surface area contributed by atoms with Gasteiger partial charge in [0.1, 0.15) is 18.1 Å². The van der Waals surface area contributed by atoms with Crippen LogP contribution in [-0.2, 0) is 11.4 Å². The lowest BCUT2D eigenvalue weighted by Crippen LogP contribution is -2.33. The summed E-state index contributed by atoms with van der Waals surface area (Å²) in [5.41, 5.74) is 4.32. The SMILES string of the molecule is C[C@H](Oc1ccc(Cl)cc1)C(=O)N/N=C\c1ccccc1OCc1ccccc1. The molecule has 6 heteroatoms. The summed E-state index contributed by atoms with van der Waals surface area (Å²) in [5, 5.41) is 4.63. The van der Waals surface area contributed by atoms with Crippen LogP contribution in [0.25, 0.3) is 0 Å². The molecule has 148 valence electrons. The minimum Gasteiger partial charge on any atom is -0.488 e. The topological polar surface area (TPSA) is 59.9 Å². The lowest BCUT2D eigenvalue weighted by Gasteiger charge is -2.13. The van der Waals surface area contributed by atoms with Crippen molar-refractivity contribution in [3.05, 3.63) is 95.0 Å². The second kappa shape index (κ2) is 10.3. The minimum atomic E-state index is -0.710. The van der Waals surface area contributed by atoms with E-state index in [1.807, 2.05) is 54.6 Å². The van der Waals surface area contributed by atoms with Crippen LogP contribution in [0.1, 0.15) is 18.1 Å². The van der Waals surface area contributed by atoms with Crippen LogP contribution in [0.2, 0.25) is 5.02 Å². The molecule has 0 saturated carbocycles. The maximum absolute atomic E-state index is 12.2. The summed E-state index contributed by atoms with van der Waals surface area (Å²) in [7, 11) is 0. The number of carbonyl (C=O) groups excluding carboxylic acids is 1. The number of carbonyl (C=O) groups is 1.